The molecule has 2 heteroatoms. The number of rotatable bonds is 1. The summed E-state index contributed by atoms with van der Waals surface area (Å²) >= 11 is 5.78. The Kier molecular flexibility index (Phi) is 3.66. The Labute approximate surface area is 77.5 Å². The third kappa shape index (κ3) is 2.96. The van der Waals surface area contributed by atoms with E-state index in [0.29, 0.717) is 6.54 Å². The van der Waals surface area contributed by atoms with E-state index in [-0.39, 0.29) is 0 Å². The highest BCUT2D eigenvalue weighted by molar-refractivity contribution is 6.30. The molecule has 0 aliphatic rings. The fourth-order valence-corrected chi connectivity index (χ4v) is 1.10. The van der Waals surface area contributed by atoms with Crippen molar-refractivity contribution < 1.29 is 0 Å². The van der Waals surface area contributed by atoms with E-state index in [1.807, 2.05) is 24.3 Å². The van der Waals surface area contributed by atoms with E-state index in [4.69, 9.17) is 17.3 Å². The van der Waals surface area contributed by atoms with Gasteiger partial charge in [-0.15, -0.1) is 0 Å². The molecule has 0 radical (unpaired) electrons. The summed E-state index contributed by atoms with van der Waals surface area (Å²) in [5.74, 6) is 5.75. The van der Waals surface area contributed by atoms with Crippen LogP contribution in [0.15, 0.2) is 24.3 Å². The van der Waals surface area contributed by atoms with Crippen LogP contribution in [0, 0.1) is 11.8 Å². The first-order valence-electron chi connectivity index (χ1n) is 3.73. The number of nitrogens with two attached hydrogens (primary N) is 1. The zero-order chi connectivity index (χ0) is 8.81. The minimum atomic E-state index is 0.417. The molecule has 0 aliphatic heterocycles. The lowest BCUT2D eigenvalue weighted by Crippen LogP contribution is -1.93. The summed E-state index contributed by atoms with van der Waals surface area (Å²) in [5, 5.41) is 0.752. The summed E-state index contributed by atoms with van der Waals surface area (Å²) in [6.07, 6.45) is 0.720. The molecule has 0 unspecified atom stereocenters. The van der Waals surface area contributed by atoms with Gasteiger partial charge in [0.05, 0.1) is 6.54 Å². The van der Waals surface area contributed by atoms with Gasteiger partial charge in [0.1, 0.15) is 0 Å². The lowest BCUT2D eigenvalue weighted by atomic mass is 10.2. The van der Waals surface area contributed by atoms with Crippen molar-refractivity contribution in [3.05, 3.63) is 34.9 Å². The topological polar surface area (TPSA) is 26.0 Å². The van der Waals surface area contributed by atoms with Crippen molar-refractivity contribution in [2.75, 3.05) is 6.54 Å². The molecule has 0 aromatic heterocycles. The molecule has 1 rings (SSSR count). The molecule has 0 aliphatic carbocycles. The van der Waals surface area contributed by atoms with Crippen LogP contribution in [-0.2, 0) is 6.42 Å². The monoisotopic (exact) mass is 179 g/mol. The highest BCUT2D eigenvalue weighted by atomic mass is 35.5. The van der Waals surface area contributed by atoms with Crippen LogP contribution in [0.25, 0.3) is 0 Å². The lowest BCUT2D eigenvalue weighted by Gasteiger charge is -1.94. The minimum Gasteiger partial charge on any atom is -0.320 e. The maximum Gasteiger partial charge on any atom is 0.0551 e. The number of halogens is 1. The van der Waals surface area contributed by atoms with E-state index in [0.717, 1.165) is 17.0 Å². The van der Waals surface area contributed by atoms with E-state index >= 15 is 0 Å². The van der Waals surface area contributed by atoms with Gasteiger partial charge in [-0.25, -0.2) is 0 Å². The zero-order valence-electron chi connectivity index (χ0n) is 6.68. The van der Waals surface area contributed by atoms with Gasteiger partial charge < -0.3 is 5.73 Å². The lowest BCUT2D eigenvalue weighted by molar-refractivity contribution is 1.27. The van der Waals surface area contributed by atoms with E-state index < -0.39 is 0 Å². The molecule has 1 aromatic rings. The van der Waals surface area contributed by atoms with Crippen LogP contribution < -0.4 is 5.73 Å². The molecule has 1 aromatic carbocycles. The molecule has 12 heavy (non-hydrogen) atoms. The van der Waals surface area contributed by atoms with Crippen molar-refractivity contribution in [2.24, 2.45) is 5.73 Å². The SMILES string of the molecule is NCC#CCc1cccc(Cl)c1. The molecule has 0 atom stereocenters. The van der Waals surface area contributed by atoms with Crippen LogP contribution in [0.2, 0.25) is 5.02 Å². The van der Waals surface area contributed by atoms with E-state index in [1.54, 1.807) is 0 Å². The normalized spacial score (nSPS) is 8.83. The molecule has 2 N–H and O–H groups in total. The number of hydrogen-bond acceptors (Lipinski definition) is 1. The summed E-state index contributed by atoms with van der Waals surface area (Å²) < 4.78 is 0. The summed E-state index contributed by atoms with van der Waals surface area (Å²) in [6, 6.07) is 7.67. The first-order chi connectivity index (χ1) is 5.83. The summed E-state index contributed by atoms with van der Waals surface area (Å²) in [4.78, 5) is 0. The predicted molar refractivity (Wildman–Crippen MR) is 52.0 cm³/mol. The molecule has 0 heterocycles. The Morgan fingerprint density at radius 1 is 1.33 bits per heavy atom. The Balaban J connectivity index is 2.63. The Morgan fingerprint density at radius 2 is 2.17 bits per heavy atom. The molecule has 0 fully saturated rings. The third-order valence-corrected chi connectivity index (χ3v) is 1.64. The fourth-order valence-electron chi connectivity index (χ4n) is 0.884. The first-order valence-corrected chi connectivity index (χ1v) is 4.11. The molecule has 0 saturated heterocycles. The predicted octanol–water partition coefficient (Wildman–Crippen LogP) is 1.84. The van der Waals surface area contributed by atoms with Gasteiger partial charge in [0.25, 0.3) is 0 Å². The zero-order valence-corrected chi connectivity index (χ0v) is 7.43. The second-order valence-corrected chi connectivity index (χ2v) is 2.80. The number of hydrogen-bond donors (Lipinski definition) is 1. The van der Waals surface area contributed by atoms with Crippen LogP contribution in [0.3, 0.4) is 0 Å². The molecular weight excluding hydrogens is 170 g/mol. The van der Waals surface area contributed by atoms with Gasteiger partial charge in [0.15, 0.2) is 0 Å². The average Bonchev–Trinajstić information content (AvgIpc) is 2.05. The third-order valence-electron chi connectivity index (χ3n) is 1.41. The van der Waals surface area contributed by atoms with Gasteiger partial charge in [-0.1, -0.05) is 35.6 Å². The van der Waals surface area contributed by atoms with Crippen molar-refractivity contribution >= 4 is 11.6 Å². The van der Waals surface area contributed by atoms with E-state index in [1.165, 1.54) is 0 Å². The number of benzene rings is 1. The summed E-state index contributed by atoms with van der Waals surface area (Å²) in [6.45, 7) is 0.417. The Morgan fingerprint density at radius 3 is 2.83 bits per heavy atom. The van der Waals surface area contributed by atoms with Crippen molar-refractivity contribution in [1.29, 1.82) is 0 Å². The molecule has 0 spiro atoms. The van der Waals surface area contributed by atoms with E-state index in [9.17, 15) is 0 Å². The standard InChI is InChI=1S/C10H10ClN/c11-10-6-3-5-9(8-10)4-1-2-7-12/h3,5-6,8H,4,7,12H2. The second kappa shape index (κ2) is 4.82. The van der Waals surface area contributed by atoms with Crippen LogP contribution >= 0.6 is 11.6 Å². The smallest absolute Gasteiger partial charge is 0.0551 e. The fraction of sp³-hybridized carbons (Fsp3) is 0.200. The van der Waals surface area contributed by atoms with Crippen LogP contribution in [0.4, 0.5) is 0 Å². The molecule has 0 bridgehead atoms. The molecule has 1 nitrogen and oxygen atoms in total. The van der Waals surface area contributed by atoms with Gasteiger partial charge in [-0.05, 0) is 17.7 Å². The average molecular weight is 180 g/mol. The Hall–Kier alpha value is -0.970. The molecule has 0 saturated carbocycles. The first kappa shape index (κ1) is 9.12. The molecular formula is C10H10ClN. The summed E-state index contributed by atoms with van der Waals surface area (Å²) in [7, 11) is 0. The van der Waals surface area contributed by atoms with Gasteiger partial charge in [-0.3, -0.25) is 0 Å². The molecule has 62 valence electrons. The van der Waals surface area contributed by atoms with Crippen LogP contribution in [0.5, 0.6) is 0 Å². The van der Waals surface area contributed by atoms with Crippen LogP contribution in [0.1, 0.15) is 5.56 Å². The second-order valence-electron chi connectivity index (χ2n) is 2.36. The highest BCUT2D eigenvalue weighted by Gasteiger charge is 1.89. The van der Waals surface area contributed by atoms with Crippen LogP contribution in [-0.4, -0.2) is 6.54 Å². The quantitative estimate of drug-likeness (QED) is 0.655. The minimum absolute atomic E-state index is 0.417. The van der Waals surface area contributed by atoms with E-state index in [2.05, 4.69) is 11.8 Å². The highest BCUT2D eigenvalue weighted by Crippen LogP contribution is 2.10. The van der Waals surface area contributed by atoms with Gasteiger partial charge in [0.2, 0.25) is 0 Å². The maximum absolute atomic E-state index is 5.78. The van der Waals surface area contributed by atoms with Crippen molar-refractivity contribution in [1.82, 2.24) is 0 Å². The summed E-state index contributed by atoms with van der Waals surface area (Å²) in [5.41, 5.74) is 6.35. The molecule has 0 amide bonds. The van der Waals surface area contributed by atoms with Crippen molar-refractivity contribution in [2.45, 2.75) is 6.42 Å². The van der Waals surface area contributed by atoms with Gasteiger partial charge in [-0.2, -0.15) is 0 Å². The maximum atomic E-state index is 5.78. The largest absolute Gasteiger partial charge is 0.320 e. The van der Waals surface area contributed by atoms with Gasteiger partial charge in [0, 0.05) is 11.4 Å². The van der Waals surface area contributed by atoms with Gasteiger partial charge >= 0.3 is 0 Å². The van der Waals surface area contributed by atoms with Crippen molar-refractivity contribution in [3.8, 4) is 11.8 Å². The Bertz CT molecular complexity index is 309. The van der Waals surface area contributed by atoms with Crippen molar-refractivity contribution in [3.63, 3.8) is 0 Å².